The molecule has 0 bridgehead atoms. The Hall–Kier alpha value is -7.17. The molecule has 0 fully saturated rings. The average Bonchev–Trinajstić information content (AvgIpc) is 3.98. The van der Waals surface area contributed by atoms with E-state index in [2.05, 4.69) is 213 Å². The number of fused-ring (bicyclic) bond motifs is 15. The van der Waals surface area contributed by atoms with Crippen LogP contribution < -0.4 is 4.90 Å². The lowest BCUT2D eigenvalue weighted by Gasteiger charge is -2.28. The third-order valence-corrected chi connectivity index (χ3v) is 13.6. The molecule has 0 unspecified atom stereocenters. The van der Waals surface area contributed by atoms with Crippen LogP contribution in [0.1, 0.15) is 52.7 Å². The number of pyridine rings is 1. The molecular formula is C57H44N4. The molecule has 0 saturated heterocycles. The normalized spacial score (nSPS) is 13.1. The number of para-hydroxylation sites is 2. The third-order valence-electron chi connectivity index (χ3n) is 13.6. The van der Waals surface area contributed by atoms with E-state index in [1.54, 1.807) is 0 Å². The van der Waals surface area contributed by atoms with E-state index < -0.39 is 0 Å². The molecule has 0 radical (unpaired) electrons. The quantitative estimate of drug-likeness (QED) is 0.178. The van der Waals surface area contributed by atoms with Gasteiger partial charge in [-0.05, 0) is 105 Å². The van der Waals surface area contributed by atoms with Gasteiger partial charge in [0.15, 0.2) is 0 Å². The molecule has 292 valence electrons. The zero-order chi connectivity index (χ0) is 41.1. The van der Waals surface area contributed by atoms with E-state index in [-0.39, 0.29) is 10.8 Å². The first-order valence-corrected chi connectivity index (χ1v) is 21.6. The van der Waals surface area contributed by atoms with Crippen molar-refractivity contribution < 1.29 is 0 Å². The lowest BCUT2D eigenvalue weighted by Crippen LogP contribution is -2.11. The lowest BCUT2D eigenvalue weighted by atomic mass is 9.85. The maximum Gasteiger partial charge on any atom is 0.146 e. The van der Waals surface area contributed by atoms with Gasteiger partial charge in [-0.15, -0.1) is 0 Å². The highest BCUT2D eigenvalue weighted by molar-refractivity contribution is 6.32. The fourth-order valence-electron chi connectivity index (χ4n) is 10.6. The van der Waals surface area contributed by atoms with Crippen LogP contribution in [-0.2, 0) is 10.8 Å². The van der Waals surface area contributed by atoms with E-state index in [0.717, 1.165) is 33.7 Å². The van der Waals surface area contributed by atoms with Gasteiger partial charge in [-0.3, -0.25) is 4.40 Å². The summed E-state index contributed by atoms with van der Waals surface area (Å²) in [5.41, 5.74) is 14.0. The second kappa shape index (κ2) is 11.8. The van der Waals surface area contributed by atoms with E-state index in [1.807, 2.05) is 0 Å². The molecule has 4 heteroatoms. The van der Waals surface area contributed by atoms with Crippen molar-refractivity contribution >= 4 is 115 Å². The second-order valence-corrected chi connectivity index (χ2v) is 19.3. The molecule has 0 N–H and O–H groups in total. The van der Waals surface area contributed by atoms with Crippen LogP contribution in [0.5, 0.6) is 0 Å². The standard InChI is InChI=1S/C57H44N4/c1-56(2,3)35-28-42-41-27-34-18-14-16-24-40(34)53(59(37-19-9-7-10-20-37)38-21-11-8-12-22-38)54(41)61-51(42)43(29-35)44-32-48-50(58-55(44)61)46-31-36(57(4,5)6)30-45-49-39-23-15-13-17-33(39)25-26-47(49)60(48)52(45)46/h7-32H,1-6H3. The molecule has 0 aliphatic heterocycles. The van der Waals surface area contributed by atoms with Crippen LogP contribution in [0.4, 0.5) is 17.1 Å². The number of aromatic nitrogens is 3. The molecule has 5 aromatic heterocycles. The summed E-state index contributed by atoms with van der Waals surface area (Å²) in [5.74, 6) is 0. The Labute approximate surface area is 353 Å². The monoisotopic (exact) mass is 784 g/mol. The van der Waals surface area contributed by atoms with Gasteiger partial charge in [0.1, 0.15) is 5.65 Å². The Kier molecular flexibility index (Phi) is 6.69. The second-order valence-electron chi connectivity index (χ2n) is 19.3. The van der Waals surface area contributed by atoms with E-state index >= 15 is 0 Å². The third kappa shape index (κ3) is 4.62. The first kappa shape index (κ1) is 34.7. The van der Waals surface area contributed by atoms with Gasteiger partial charge in [0.05, 0.1) is 38.8 Å². The Morgan fingerprint density at radius 2 is 0.951 bits per heavy atom. The highest BCUT2D eigenvalue weighted by Crippen LogP contribution is 2.51. The van der Waals surface area contributed by atoms with E-state index in [1.165, 1.54) is 92.4 Å². The predicted octanol–water partition coefficient (Wildman–Crippen LogP) is 15.8. The number of hydrogen-bond acceptors (Lipinski definition) is 2. The summed E-state index contributed by atoms with van der Waals surface area (Å²) in [6, 6.07) is 58.7. The summed E-state index contributed by atoms with van der Waals surface area (Å²) >= 11 is 0. The number of rotatable bonds is 3. The molecule has 13 rings (SSSR count). The molecule has 5 heterocycles. The number of benzene rings is 8. The maximum atomic E-state index is 5.94. The van der Waals surface area contributed by atoms with Crippen molar-refractivity contribution in [1.82, 2.24) is 13.8 Å². The van der Waals surface area contributed by atoms with Crippen LogP contribution >= 0.6 is 0 Å². The molecule has 0 aliphatic rings. The van der Waals surface area contributed by atoms with Crippen molar-refractivity contribution in [3.63, 3.8) is 0 Å². The summed E-state index contributed by atoms with van der Waals surface area (Å²) in [7, 11) is 0. The van der Waals surface area contributed by atoms with Gasteiger partial charge >= 0.3 is 0 Å². The largest absolute Gasteiger partial charge is 0.308 e. The van der Waals surface area contributed by atoms with Crippen LogP contribution in [0.15, 0.2) is 158 Å². The van der Waals surface area contributed by atoms with Crippen molar-refractivity contribution in [2.45, 2.75) is 52.4 Å². The van der Waals surface area contributed by atoms with Gasteiger partial charge in [0.2, 0.25) is 0 Å². The number of nitrogens with zero attached hydrogens (tertiary/aromatic N) is 4. The van der Waals surface area contributed by atoms with Crippen molar-refractivity contribution in [3.8, 4) is 0 Å². The smallest absolute Gasteiger partial charge is 0.146 e. The van der Waals surface area contributed by atoms with Crippen LogP contribution in [-0.4, -0.2) is 13.8 Å². The topological polar surface area (TPSA) is 24.9 Å². The molecule has 0 aliphatic carbocycles. The number of anilines is 3. The summed E-state index contributed by atoms with van der Waals surface area (Å²) in [6.07, 6.45) is 0. The van der Waals surface area contributed by atoms with Gasteiger partial charge < -0.3 is 9.30 Å². The lowest BCUT2D eigenvalue weighted by molar-refractivity contribution is 0.591. The Balaban J connectivity index is 1.28. The van der Waals surface area contributed by atoms with E-state index in [0.29, 0.717) is 0 Å². The molecule has 61 heavy (non-hydrogen) atoms. The van der Waals surface area contributed by atoms with Crippen molar-refractivity contribution in [2.24, 2.45) is 0 Å². The molecule has 0 spiro atoms. The zero-order valence-corrected chi connectivity index (χ0v) is 35.3. The Morgan fingerprint density at radius 1 is 0.410 bits per heavy atom. The molecular weight excluding hydrogens is 741 g/mol. The number of hydrogen-bond donors (Lipinski definition) is 0. The molecule has 0 amide bonds. The van der Waals surface area contributed by atoms with Gasteiger partial charge in [0.25, 0.3) is 0 Å². The summed E-state index contributed by atoms with van der Waals surface area (Å²) in [4.78, 5) is 8.40. The Bertz CT molecular complexity index is 3890. The van der Waals surface area contributed by atoms with Crippen LogP contribution in [0, 0.1) is 0 Å². The first-order chi connectivity index (χ1) is 29.5. The molecule has 0 saturated carbocycles. The van der Waals surface area contributed by atoms with Crippen molar-refractivity contribution in [3.05, 3.63) is 169 Å². The minimum Gasteiger partial charge on any atom is -0.308 e. The minimum absolute atomic E-state index is 0.0557. The summed E-state index contributed by atoms with van der Waals surface area (Å²) < 4.78 is 5.04. The molecule has 0 atom stereocenters. The van der Waals surface area contributed by atoms with E-state index in [4.69, 9.17) is 4.98 Å². The van der Waals surface area contributed by atoms with Crippen LogP contribution in [0.2, 0.25) is 0 Å². The maximum absolute atomic E-state index is 5.94. The highest BCUT2D eigenvalue weighted by Gasteiger charge is 2.30. The van der Waals surface area contributed by atoms with Gasteiger partial charge in [-0.2, -0.15) is 0 Å². The fourth-order valence-corrected chi connectivity index (χ4v) is 10.6. The molecule has 8 aromatic carbocycles. The van der Waals surface area contributed by atoms with Crippen LogP contribution in [0.3, 0.4) is 0 Å². The van der Waals surface area contributed by atoms with Gasteiger partial charge in [-0.25, -0.2) is 4.98 Å². The fraction of sp³-hybridized carbons (Fsp3) is 0.140. The van der Waals surface area contributed by atoms with Gasteiger partial charge in [0, 0.05) is 54.5 Å². The first-order valence-electron chi connectivity index (χ1n) is 21.6. The SMILES string of the molecule is CC(C)(C)c1cc2c3nc4c(cc3n3c5ccc6ccccc6c5c(c1)c23)c1cc(C(C)(C)C)cc2c3cc5ccccc5c(N(c5ccccc5)c5ccccc5)c3n4c12. The summed E-state index contributed by atoms with van der Waals surface area (Å²) in [5, 5.41) is 13.7. The average molecular weight is 785 g/mol. The minimum atomic E-state index is -0.0741. The zero-order valence-electron chi connectivity index (χ0n) is 35.3. The summed E-state index contributed by atoms with van der Waals surface area (Å²) in [6.45, 7) is 14.0. The van der Waals surface area contributed by atoms with Gasteiger partial charge in [-0.1, -0.05) is 133 Å². The Morgan fingerprint density at radius 3 is 1.62 bits per heavy atom. The highest BCUT2D eigenvalue weighted by atomic mass is 15.2. The van der Waals surface area contributed by atoms with Crippen molar-refractivity contribution in [2.75, 3.05) is 4.90 Å². The molecule has 13 aromatic rings. The van der Waals surface area contributed by atoms with Crippen molar-refractivity contribution in [1.29, 1.82) is 0 Å². The molecule has 4 nitrogen and oxygen atoms in total. The van der Waals surface area contributed by atoms with Crippen LogP contribution in [0.25, 0.3) is 98.0 Å². The predicted molar refractivity (Wildman–Crippen MR) is 261 cm³/mol. The van der Waals surface area contributed by atoms with E-state index in [9.17, 15) is 0 Å².